The molecule has 0 aliphatic heterocycles. The monoisotopic (exact) mass is 958 g/mol. The fourth-order valence-electron chi connectivity index (χ4n) is 12.9. The van der Waals surface area contributed by atoms with Gasteiger partial charge in [0.2, 0.25) is 0 Å². The van der Waals surface area contributed by atoms with Crippen LogP contribution in [-0.2, 0) is 0 Å². The quantitative estimate of drug-likeness (QED) is 0.140. The second kappa shape index (κ2) is 16.8. The molecule has 0 unspecified atom stereocenters. The molecular formula is C76H46. The molecule has 0 bridgehead atoms. The predicted molar refractivity (Wildman–Crippen MR) is 327 cm³/mol. The van der Waals surface area contributed by atoms with Crippen molar-refractivity contribution in [2.75, 3.05) is 0 Å². The molecule has 0 nitrogen and oxygen atoms in total. The summed E-state index contributed by atoms with van der Waals surface area (Å²) in [6.07, 6.45) is 0. The molecule has 0 amide bonds. The maximum absolute atomic E-state index is 2.36. The van der Waals surface area contributed by atoms with Gasteiger partial charge in [0.1, 0.15) is 0 Å². The van der Waals surface area contributed by atoms with Gasteiger partial charge >= 0.3 is 0 Å². The van der Waals surface area contributed by atoms with Crippen LogP contribution >= 0.6 is 0 Å². The van der Waals surface area contributed by atoms with E-state index in [-0.39, 0.29) is 0 Å². The Morgan fingerprint density at radius 3 is 0.882 bits per heavy atom. The third kappa shape index (κ3) is 6.64. The SMILES string of the molecule is c1cc(-c2ccc(-c3cccc(-c4ccc5ccc6c(-c7cccc8ccccc78)ccc7ccc4c5c76)c3)cc2)cc(-c2ccc3ccc4c(-c5ccc(-c6cccc7ccccc67)cc5)ccc5ccc2c3c54)c1. The molecular weight excluding hydrogens is 913 g/mol. The van der Waals surface area contributed by atoms with E-state index >= 15 is 0 Å². The number of benzene rings is 16. The Kier molecular flexibility index (Phi) is 9.44. The average Bonchev–Trinajstić information content (AvgIpc) is 3.59. The van der Waals surface area contributed by atoms with Crippen LogP contribution in [-0.4, -0.2) is 0 Å². The van der Waals surface area contributed by atoms with Crippen molar-refractivity contribution in [2.24, 2.45) is 0 Å². The first-order chi connectivity index (χ1) is 37.7. The Morgan fingerprint density at radius 2 is 0.421 bits per heavy atom. The minimum atomic E-state index is 1.20. The molecule has 350 valence electrons. The first-order valence-corrected chi connectivity index (χ1v) is 26.5. The van der Waals surface area contributed by atoms with Gasteiger partial charge in [0.15, 0.2) is 0 Å². The highest BCUT2D eigenvalue weighted by Crippen LogP contribution is 2.46. The van der Waals surface area contributed by atoms with E-state index in [2.05, 4.69) is 279 Å². The fraction of sp³-hybridized carbons (Fsp3) is 0. The molecule has 0 heterocycles. The van der Waals surface area contributed by atoms with Crippen LogP contribution in [0.5, 0.6) is 0 Å². The Labute approximate surface area is 440 Å². The van der Waals surface area contributed by atoms with Crippen molar-refractivity contribution in [2.45, 2.75) is 0 Å². The topological polar surface area (TPSA) is 0 Å². The molecule has 0 spiro atoms. The molecule has 0 heteroatoms. The maximum Gasteiger partial charge on any atom is -0.00203 e. The zero-order valence-electron chi connectivity index (χ0n) is 41.6. The second-order valence-electron chi connectivity index (χ2n) is 20.7. The van der Waals surface area contributed by atoms with E-state index in [4.69, 9.17) is 0 Å². The van der Waals surface area contributed by atoms with Crippen LogP contribution in [0.2, 0.25) is 0 Å². The van der Waals surface area contributed by atoms with Crippen molar-refractivity contribution in [3.8, 4) is 77.9 Å². The largest absolute Gasteiger partial charge is 0.0616 e. The van der Waals surface area contributed by atoms with Crippen molar-refractivity contribution >= 4 is 86.2 Å². The zero-order valence-corrected chi connectivity index (χ0v) is 41.6. The van der Waals surface area contributed by atoms with Crippen molar-refractivity contribution in [3.05, 3.63) is 279 Å². The summed E-state index contributed by atoms with van der Waals surface area (Å²) in [7, 11) is 0. The maximum atomic E-state index is 2.36. The van der Waals surface area contributed by atoms with Gasteiger partial charge in [-0.2, -0.15) is 0 Å². The molecule has 16 rings (SSSR count). The minimum Gasteiger partial charge on any atom is -0.0616 e. The van der Waals surface area contributed by atoms with Gasteiger partial charge in [0, 0.05) is 0 Å². The van der Waals surface area contributed by atoms with Crippen molar-refractivity contribution in [1.29, 1.82) is 0 Å². The molecule has 0 aliphatic rings. The van der Waals surface area contributed by atoms with Crippen LogP contribution in [0.1, 0.15) is 0 Å². The van der Waals surface area contributed by atoms with E-state index in [1.54, 1.807) is 0 Å². The van der Waals surface area contributed by atoms with Gasteiger partial charge in [-0.15, -0.1) is 0 Å². The first kappa shape index (κ1) is 42.6. The molecule has 0 N–H and O–H groups in total. The van der Waals surface area contributed by atoms with E-state index in [0.29, 0.717) is 0 Å². The summed E-state index contributed by atoms with van der Waals surface area (Å²) in [6.45, 7) is 0. The van der Waals surface area contributed by atoms with Crippen LogP contribution in [0.15, 0.2) is 279 Å². The van der Waals surface area contributed by atoms with Gasteiger partial charge < -0.3 is 0 Å². The summed E-state index contributed by atoms with van der Waals surface area (Å²) in [6, 6.07) is 104. The first-order valence-electron chi connectivity index (χ1n) is 26.5. The van der Waals surface area contributed by atoms with Crippen LogP contribution in [0.4, 0.5) is 0 Å². The summed E-state index contributed by atoms with van der Waals surface area (Å²) in [4.78, 5) is 0. The summed E-state index contributed by atoms with van der Waals surface area (Å²) < 4.78 is 0. The van der Waals surface area contributed by atoms with Gasteiger partial charge in [-0.25, -0.2) is 0 Å². The summed E-state index contributed by atoms with van der Waals surface area (Å²) >= 11 is 0. The van der Waals surface area contributed by atoms with E-state index in [1.165, 1.54) is 164 Å². The number of rotatable bonds is 7. The molecule has 76 heavy (non-hydrogen) atoms. The third-order valence-corrected chi connectivity index (χ3v) is 16.6. The lowest BCUT2D eigenvalue weighted by Crippen LogP contribution is -1.90. The summed E-state index contributed by atoms with van der Waals surface area (Å²) in [5.74, 6) is 0. The van der Waals surface area contributed by atoms with Gasteiger partial charge in [-0.05, 0) is 176 Å². The Hall–Kier alpha value is -9.88. The van der Waals surface area contributed by atoms with Gasteiger partial charge in [0.05, 0.1) is 0 Å². The molecule has 16 aromatic carbocycles. The number of hydrogen-bond donors (Lipinski definition) is 0. The highest BCUT2D eigenvalue weighted by Gasteiger charge is 2.19. The smallest absolute Gasteiger partial charge is 0.00203 e. The van der Waals surface area contributed by atoms with Gasteiger partial charge in [0.25, 0.3) is 0 Å². The molecule has 16 aromatic rings. The van der Waals surface area contributed by atoms with E-state index in [1.807, 2.05) is 0 Å². The predicted octanol–water partition coefficient (Wildman–Crippen LogP) is 21.5. The van der Waals surface area contributed by atoms with Crippen LogP contribution in [0, 0.1) is 0 Å². The van der Waals surface area contributed by atoms with Crippen molar-refractivity contribution in [3.63, 3.8) is 0 Å². The average molecular weight is 959 g/mol. The molecule has 0 atom stereocenters. The highest BCUT2D eigenvalue weighted by molar-refractivity contribution is 6.29. The lowest BCUT2D eigenvalue weighted by atomic mass is 9.86. The minimum absolute atomic E-state index is 1.20. The standard InChI is InChI=1S/C76H46/c1-3-17-61-49(9-1)11-7-19-62(61)51-25-27-52(28-26-51)64-37-29-53-34-42-70-65(38-30-54-33-41-69(64)73(53)74(54)70)59-15-5-13-57(45-59)47-21-23-48(24-22-47)58-14-6-16-60(46-58)66-39-31-55-36-44-72-68(40-32-56-35-43-71(66)75(55)76(56)72)67-20-8-12-50-10-2-4-18-63(50)67/h1-46H. The van der Waals surface area contributed by atoms with E-state index in [9.17, 15) is 0 Å². The lowest BCUT2D eigenvalue weighted by Gasteiger charge is -2.17. The zero-order chi connectivity index (χ0) is 49.8. The second-order valence-corrected chi connectivity index (χ2v) is 20.7. The number of hydrogen-bond acceptors (Lipinski definition) is 0. The molecule has 0 aromatic heterocycles. The van der Waals surface area contributed by atoms with Crippen molar-refractivity contribution < 1.29 is 0 Å². The molecule has 0 aliphatic carbocycles. The van der Waals surface area contributed by atoms with Gasteiger partial charge in [-0.3, -0.25) is 0 Å². The normalized spacial score (nSPS) is 11.9. The number of fused-ring (bicyclic) bond motifs is 2. The van der Waals surface area contributed by atoms with E-state index < -0.39 is 0 Å². The summed E-state index contributed by atoms with van der Waals surface area (Å²) in [5, 5.41) is 20.6. The molecule has 0 saturated carbocycles. The molecule has 0 radical (unpaired) electrons. The van der Waals surface area contributed by atoms with Crippen LogP contribution in [0.25, 0.3) is 164 Å². The summed E-state index contributed by atoms with van der Waals surface area (Å²) in [5.41, 5.74) is 17.3. The van der Waals surface area contributed by atoms with Gasteiger partial charge in [-0.1, -0.05) is 267 Å². The molecule has 0 saturated heterocycles. The van der Waals surface area contributed by atoms with E-state index in [0.717, 1.165) is 0 Å². The van der Waals surface area contributed by atoms with Crippen molar-refractivity contribution in [1.82, 2.24) is 0 Å². The Bertz CT molecular complexity index is 4950. The van der Waals surface area contributed by atoms with Crippen LogP contribution < -0.4 is 0 Å². The van der Waals surface area contributed by atoms with Crippen LogP contribution in [0.3, 0.4) is 0 Å². The molecule has 0 fully saturated rings. The Morgan fingerprint density at radius 1 is 0.132 bits per heavy atom. The third-order valence-electron chi connectivity index (χ3n) is 16.6. The fourth-order valence-corrected chi connectivity index (χ4v) is 12.9. The lowest BCUT2D eigenvalue weighted by molar-refractivity contribution is 1.58. The Balaban J connectivity index is 0.720. The highest BCUT2D eigenvalue weighted by atomic mass is 14.2.